The Hall–Kier alpha value is -1.43. The zero-order chi connectivity index (χ0) is 13.9. The molecule has 0 fully saturated rings. The van der Waals surface area contributed by atoms with Gasteiger partial charge in [0.1, 0.15) is 4.83 Å². The number of esters is 1. The molecule has 0 saturated carbocycles. The van der Waals surface area contributed by atoms with Crippen molar-refractivity contribution in [3.05, 3.63) is 38.9 Å². The Balaban J connectivity index is 3.12. The first-order valence-electron chi connectivity index (χ1n) is 5.33. The van der Waals surface area contributed by atoms with Crippen molar-refractivity contribution >= 4 is 27.6 Å². The number of ether oxygens (including phenoxy) is 1. The Kier molecular flexibility index (Phi) is 4.84. The van der Waals surface area contributed by atoms with Gasteiger partial charge >= 0.3 is 5.97 Å². The van der Waals surface area contributed by atoms with Crippen molar-refractivity contribution in [1.29, 1.82) is 0 Å². The van der Waals surface area contributed by atoms with E-state index in [0.29, 0.717) is 12.0 Å². The van der Waals surface area contributed by atoms with Crippen LogP contribution in [0.1, 0.15) is 16.7 Å². The molecule has 98 valence electrons. The fraction of sp³-hybridized carbons (Fsp3) is 0.417. The number of carbonyl (C=O) groups excluding carboxylic acids is 1. The van der Waals surface area contributed by atoms with Crippen molar-refractivity contribution in [3.63, 3.8) is 0 Å². The number of methoxy groups -OCH3 is 1. The van der Waals surface area contributed by atoms with Crippen LogP contribution < -0.4 is 0 Å². The van der Waals surface area contributed by atoms with E-state index in [-0.39, 0.29) is 11.7 Å². The summed E-state index contributed by atoms with van der Waals surface area (Å²) in [5.41, 5.74) is 2.39. The van der Waals surface area contributed by atoms with Crippen molar-refractivity contribution in [2.75, 3.05) is 7.11 Å². The first-order valence-corrected chi connectivity index (χ1v) is 6.25. The van der Waals surface area contributed by atoms with Gasteiger partial charge in [0.25, 0.3) is 5.69 Å². The molecule has 0 saturated heterocycles. The molecule has 0 amide bonds. The molecule has 1 aromatic carbocycles. The van der Waals surface area contributed by atoms with Gasteiger partial charge in [-0.2, -0.15) is 0 Å². The van der Waals surface area contributed by atoms with Gasteiger partial charge in [0.2, 0.25) is 0 Å². The monoisotopic (exact) mass is 315 g/mol. The lowest BCUT2D eigenvalue weighted by molar-refractivity contribution is -0.385. The van der Waals surface area contributed by atoms with Crippen LogP contribution in [0, 0.1) is 24.0 Å². The van der Waals surface area contributed by atoms with Crippen LogP contribution in [-0.2, 0) is 16.0 Å². The van der Waals surface area contributed by atoms with E-state index in [2.05, 4.69) is 20.7 Å². The average molecular weight is 316 g/mol. The molecular weight excluding hydrogens is 302 g/mol. The van der Waals surface area contributed by atoms with E-state index in [4.69, 9.17) is 0 Å². The minimum atomic E-state index is -0.498. The van der Waals surface area contributed by atoms with Crippen LogP contribution in [0.5, 0.6) is 0 Å². The van der Waals surface area contributed by atoms with Gasteiger partial charge in [-0.15, -0.1) is 0 Å². The molecule has 0 N–H and O–H groups in total. The third kappa shape index (κ3) is 3.07. The molecule has 0 aromatic heterocycles. The number of aryl methyl sites for hydroxylation is 1. The van der Waals surface area contributed by atoms with Crippen LogP contribution in [0.4, 0.5) is 5.69 Å². The van der Waals surface area contributed by atoms with Gasteiger partial charge in [-0.05, 0) is 31.4 Å². The van der Waals surface area contributed by atoms with Crippen LogP contribution in [0.3, 0.4) is 0 Å². The highest BCUT2D eigenvalue weighted by Crippen LogP contribution is 2.26. The largest absolute Gasteiger partial charge is 0.468 e. The fourth-order valence-electron chi connectivity index (χ4n) is 1.78. The molecule has 0 bridgehead atoms. The van der Waals surface area contributed by atoms with Crippen molar-refractivity contribution in [1.82, 2.24) is 0 Å². The lowest BCUT2D eigenvalue weighted by Crippen LogP contribution is -2.19. The van der Waals surface area contributed by atoms with Gasteiger partial charge in [-0.3, -0.25) is 14.9 Å². The highest BCUT2D eigenvalue weighted by atomic mass is 79.9. The molecule has 0 aliphatic heterocycles. The molecule has 0 aliphatic carbocycles. The second-order valence-electron chi connectivity index (χ2n) is 3.96. The van der Waals surface area contributed by atoms with E-state index in [1.165, 1.54) is 13.2 Å². The highest BCUT2D eigenvalue weighted by molar-refractivity contribution is 9.10. The van der Waals surface area contributed by atoms with Crippen LogP contribution >= 0.6 is 15.9 Å². The molecule has 1 rings (SSSR count). The number of nitro groups is 1. The molecular formula is C12H14BrNO4. The van der Waals surface area contributed by atoms with Crippen molar-refractivity contribution < 1.29 is 14.5 Å². The summed E-state index contributed by atoms with van der Waals surface area (Å²) in [6, 6.07) is 3.17. The van der Waals surface area contributed by atoms with E-state index >= 15 is 0 Å². The fourth-order valence-corrected chi connectivity index (χ4v) is 2.29. The standard InChI is InChI=1S/C12H14BrNO4/c1-7-4-5-11(14(16)17)8(2)9(7)6-10(13)12(15)18-3/h4-5,10H,6H2,1-3H3. The predicted octanol–water partition coefficient (Wildman–Crippen LogP) is 2.69. The second-order valence-corrected chi connectivity index (χ2v) is 5.06. The van der Waals surface area contributed by atoms with Crippen LogP contribution in [0.25, 0.3) is 0 Å². The molecule has 1 unspecified atom stereocenters. The molecule has 0 heterocycles. The van der Waals surface area contributed by atoms with Crippen molar-refractivity contribution in [2.45, 2.75) is 25.1 Å². The number of nitro benzene ring substituents is 1. The molecule has 0 spiro atoms. The number of alkyl halides is 1. The molecule has 6 heteroatoms. The Morgan fingerprint density at radius 3 is 2.61 bits per heavy atom. The van der Waals surface area contributed by atoms with Crippen LogP contribution in [-0.4, -0.2) is 22.8 Å². The number of benzene rings is 1. The first kappa shape index (κ1) is 14.6. The minimum absolute atomic E-state index is 0.0696. The third-order valence-corrected chi connectivity index (χ3v) is 3.54. The summed E-state index contributed by atoms with van der Waals surface area (Å²) in [5.74, 6) is -0.389. The quantitative estimate of drug-likeness (QED) is 0.371. The van der Waals surface area contributed by atoms with Crippen molar-refractivity contribution in [2.24, 2.45) is 0 Å². The zero-order valence-corrected chi connectivity index (χ0v) is 12.0. The second kappa shape index (κ2) is 5.95. The molecule has 18 heavy (non-hydrogen) atoms. The maximum absolute atomic E-state index is 11.4. The maximum Gasteiger partial charge on any atom is 0.319 e. The minimum Gasteiger partial charge on any atom is -0.468 e. The van der Waals surface area contributed by atoms with E-state index < -0.39 is 9.75 Å². The molecule has 0 radical (unpaired) electrons. The summed E-state index contributed by atoms with van der Waals surface area (Å²) in [6.45, 7) is 3.56. The van der Waals surface area contributed by atoms with Crippen LogP contribution in [0.15, 0.2) is 12.1 Å². The third-order valence-electron chi connectivity index (χ3n) is 2.84. The summed E-state index contributed by atoms with van der Waals surface area (Å²) >= 11 is 3.23. The van der Waals surface area contributed by atoms with Gasteiger partial charge in [0, 0.05) is 11.6 Å². The van der Waals surface area contributed by atoms with Gasteiger partial charge in [-0.25, -0.2) is 0 Å². The predicted molar refractivity (Wildman–Crippen MR) is 71.0 cm³/mol. The normalized spacial score (nSPS) is 12.0. The summed E-state index contributed by atoms with van der Waals surface area (Å²) in [4.78, 5) is 21.3. The number of halogens is 1. The maximum atomic E-state index is 11.4. The van der Waals surface area contributed by atoms with E-state index in [9.17, 15) is 14.9 Å². The molecule has 1 atom stereocenters. The number of hydrogen-bond acceptors (Lipinski definition) is 4. The summed E-state index contributed by atoms with van der Waals surface area (Å²) < 4.78 is 4.62. The smallest absolute Gasteiger partial charge is 0.319 e. The van der Waals surface area contributed by atoms with Crippen LogP contribution in [0.2, 0.25) is 0 Å². The molecule has 5 nitrogen and oxygen atoms in total. The van der Waals surface area contributed by atoms with E-state index in [1.54, 1.807) is 13.0 Å². The average Bonchev–Trinajstić information content (AvgIpc) is 2.32. The summed E-state index contributed by atoms with van der Waals surface area (Å²) in [5, 5.41) is 10.9. The zero-order valence-electron chi connectivity index (χ0n) is 10.4. The van der Waals surface area contributed by atoms with Gasteiger partial charge in [0.15, 0.2) is 0 Å². The Morgan fingerprint density at radius 2 is 2.11 bits per heavy atom. The summed E-state index contributed by atoms with van der Waals surface area (Å²) in [6.07, 6.45) is 0.367. The van der Waals surface area contributed by atoms with Gasteiger partial charge < -0.3 is 4.74 Å². The molecule has 0 aliphatic rings. The lowest BCUT2D eigenvalue weighted by atomic mass is 9.97. The number of carbonyl (C=O) groups is 1. The Bertz CT molecular complexity index is 487. The number of hydrogen-bond donors (Lipinski definition) is 0. The lowest BCUT2D eigenvalue weighted by Gasteiger charge is -2.13. The Morgan fingerprint density at radius 1 is 1.50 bits per heavy atom. The van der Waals surface area contributed by atoms with Gasteiger partial charge in [0.05, 0.1) is 12.0 Å². The van der Waals surface area contributed by atoms with Gasteiger partial charge in [-0.1, -0.05) is 22.0 Å². The topological polar surface area (TPSA) is 69.4 Å². The highest BCUT2D eigenvalue weighted by Gasteiger charge is 2.21. The first-order chi connectivity index (χ1) is 8.38. The van der Waals surface area contributed by atoms with E-state index in [1.807, 2.05) is 6.92 Å². The SMILES string of the molecule is COC(=O)C(Br)Cc1c(C)ccc([N+](=O)[O-])c1C. The molecule has 1 aromatic rings. The number of nitrogens with zero attached hydrogens (tertiary/aromatic N) is 1. The Labute approximate surface area is 113 Å². The van der Waals surface area contributed by atoms with E-state index in [0.717, 1.165) is 11.1 Å². The summed E-state index contributed by atoms with van der Waals surface area (Å²) in [7, 11) is 1.31. The van der Waals surface area contributed by atoms with Crippen molar-refractivity contribution in [3.8, 4) is 0 Å². The number of rotatable bonds is 4.